The van der Waals surface area contributed by atoms with Crippen LogP contribution in [0.15, 0.2) is 12.1 Å². The zero-order chi connectivity index (χ0) is 13.8. The highest BCUT2D eigenvalue weighted by atomic mass is 16.5. The molecule has 1 saturated heterocycles. The number of hydrogen-bond donors (Lipinski definition) is 1. The molecule has 0 radical (unpaired) electrons. The van der Waals surface area contributed by atoms with Crippen molar-refractivity contribution in [3.8, 4) is 17.2 Å². The van der Waals surface area contributed by atoms with Crippen molar-refractivity contribution in [1.82, 2.24) is 5.32 Å². The average Bonchev–Trinajstić information content (AvgIpc) is 2.99. The molecule has 1 aliphatic heterocycles. The van der Waals surface area contributed by atoms with E-state index in [1.807, 2.05) is 0 Å². The Kier molecular flexibility index (Phi) is 4.27. The van der Waals surface area contributed by atoms with Crippen LogP contribution >= 0.6 is 0 Å². The summed E-state index contributed by atoms with van der Waals surface area (Å²) in [4.78, 5) is 12.5. The maximum Gasteiger partial charge on any atom is 0.171 e. The van der Waals surface area contributed by atoms with Gasteiger partial charge >= 0.3 is 0 Å². The van der Waals surface area contributed by atoms with Crippen LogP contribution in [-0.4, -0.2) is 40.2 Å². The highest BCUT2D eigenvalue weighted by Crippen LogP contribution is 2.36. The van der Waals surface area contributed by atoms with E-state index in [0.29, 0.717) is 22.8 Å². The van der Waals surface area contributed by atoms with Gasteiger partial charge in [-0.05, 0) is 19.0 Å². The quantitative estimate of drug-likeness (QED) is 0.818. The molecule has 5 heteroatoms. The fourth-order valence-corrected chi connectivity index (χ4v) is 2.32. The highest BCUT2D eigenvalue weighted by molar-refractivity contribution is 6.01. The van der Waals surface area contributed by atoms with E-state index in [4.69, 9.17) is 14.2 Å². The SMILES string of the molecule is COc1cc(OC)c(C(=O)C2CCNC2)cc1OC. The topological polar surface area (TPSA) is 56.8 Å². The molecular weight excluding hydrogens is 246 g/mol. The molecule has 1 aromatic rings. The standard InChI is InChI=1S/C14H19NO4/c1-17-11-7-13(19-3)12(18-2)6-10(11)14(16)9-4-5-15-8-9/h6-7,9,15H,4-5,8H2,1-3H3. The molecule has 0 saturated carbocycles. The third-order valence-electron chi connectivity index (χ3n) is 3.40. The summed E-state index contributed by atoms with van der Waals surface area (Å²) in [6, 6.07) is 3.38. The van der Waals surface area contributed by atoms with Gasteiger partial charge in [0.1, 0.15) is 5.75 Å². The molecule has 1 aliphatic rings. The normalized spacial score (nSPS) is 18.2. The molecule has 104 valence electrons. The van der Waals surface area contributed by atoms with Crippen LogP contribution in [0.25, 0.3) is 0 Å². The van der Waals surface area contributed by atoms with Crippen LogP contribution in [-0.2, 0) is 0 Å². The first-order valence-corrected chi connectivity index (χ1v) is 6.26. The van der Waals surface area contributed by atoms with Crippen molar-refractivity contribution in [1.29, 1.82) is 0 Å². The van der Waals surface area contributed by atoms with Gasteiger partial charge in [0.2, 0.25) is 0 Å². The lowest BCUT2D eigenvalue weighted by atomic mass is 9.96. The summed E-state index contributed by atoms with van der Waals surface area (Å²) < 4.78 is 15.7. The highest BCUT2D eigenvalue weighted by Gasteiger charge is 2.27. The second-order valence-corrected chi connectivity index (χ2v) is 4.46. The molecule has 0 spiro atoms. The molecule has 1 unspecified atom stereocenters. The Morgan fingerprint density at radius 1 is 1.11 bits per heavy atom. The van der Waals surface area contributed by atoms with Gasteiger partial charge in [-0.1, -0.05) is 0 Å². The van der Waals surface area contributed by atoms with Gasteiger partial charge in [0.15, 0.2) is 17.3 Å². The lowest BCUT2D eigenvalue weighted by molar-refractivity contribution is 0.0927. The number of nitrogens with one attached hydrogen (secondary N) is 1. The average molecular weight is 265 g/mol. The Morgan fingerprint density at radius 2 is 1.74 bits per heavy atom. The van der Waals surface area contributed by atoms with E-state index in [2.05, 4.69) is 5.32 Å². The van der Waals surface area contributed by atoms with Crippen LogP contribution < -0.4 is 19.5 Å². The summed E-state index contributed by atoms with van der Waals surface area (Å²) in [6.45, 7) is 1.60. The van der Waals surface area contributed by atoms with Gasteiger partial charge in [-0.2, -0.15) is 0 Å². The third-order valence-corrected chi connectivity index (χ3v) is 3.40. The second kappa shape index (κ2) is 5.93. The van der Waals surface area contributed by atoms with Crippen LogP contribution in [0.1, 0.15) is 16.8 Å². The van der Waals surface area contributed by atoms with Crippen molar-refractivity contribution in [3.05, 3.63) is 17.7 Å². The van der Waals surface area contributed by atoms with Gasteiger partial charge in [0.05, 0.1) is 26.9 Å². The summed E-state index contributed by atoms with van der Waals surface area (Å²) in [6.07, 6.45) is 0.857. The summed E-state index contributed by atoms with van der Waals surface area (Å²) in [5.41, 5.74) is 0.550. The fourth-order valence-electron chi connectivity index (χ4n) is 2.32. The molecular formula is C14H19NO4. The van der Waals surface area contributed by atoms with E-state index < -0.39 is 0 Å². The number of methoxy groups -OCH3 is 3. The molecule has 1 N–H and O–H groups in total. The molecule has 1 heterocycles. The van der Waals surface area contributed by atoms with Gasteiger partial charge in [0, 0.05) is 18.5 Å². The monoisotopic (exact) mass is 265 g/mol. The molecule has 0 bridgehead atoms. The predicted octanol–water partition coefficient (Wildman–Crippen LogP) is 1.50. The molecule has 0 aliphatic carbocycles. The molecule has 0 aromatic heterocycles. The van der Waals surface area contributed by atoms with E-state index in [0.717, 1.165) is 19.5 Å². The number of rotatable bonds is 5. The first-order valence-electron chi connectivity index (χ1n) is 6.26. The van der Waals surface area contributed by atoms with Crippen molar-refractivity contribution in [3.63, 3.8) is 0 Å². The zero-order valence-corrected chi connectivity index (χ0v) is 11.5. The van der Waals surface area contributed by atoms with Crippen molar-refractivity contribution in [2.75, 3.05) is 34.4 Å². The summed E-state index contributed by atoms with van der Waals surface area (Å²) in [5, 5.41) is 3.19. The Morgan fingerprint density at radius 3 is 2.26 bits per heavy atom. The smallest absolute Gasteiger partial charge is 0.171 e. The van der Waals surface area contributed by atoms with Crippen molar-refractivity contribution in [2.45, 2.75) is 6.42 Å². The van der Waals surface area contributed by atoms with E-state index in [1.165, 1.54) is 0 Å². The second-order valence-electron chi connectivity index (χ2n) is 4.46. The van der Waals surface area contributed by atoms with Gasteiger partial charge in [-0.15, -0.1) is 0 Å². The van der Waals surface area contributed by atoms with Gasteiger partial charge in [0.25, 0.3) is 0 Å². The number of benzene rings is 1. The minimum Gasteiger partial charge on any atom is -0.496 e. The van der Waals surface area contributed by atoms with Crippen LogP contribution in [0.3, 0.4) is 0 Å². The van der Waals surface area contributed by atoms with Crippen LogP contribution in [0, 0.1) is 5.92 Å². The maximum absolute atomic E-state index is 12.5. The minimum atomic E-state index is 0.00648. The Labute approximate surface area is 112 Å². The first kappa shape index (κ1) is 13.7. The van der Waals surface area contributed by atoms with Crippen LogP contribution in [0.2, 0.25) is 0 Å². The molecule has 19 heavy (non-hydrogen) atoms. The molecule has 1 fully saturated rings. The van der Waals surface area contributed by atoms with E-state index in [1.54, 1.807) is 33.5 Å². The summed E-state index contributed by atoms with van der Waals surface area (Å²) >= 11 is 0. The van der Waals surface area contributed by atoms with E-state index >= 15 is 0 Å². The summed E-state index contributed by atoms with van der Waals surface area (Å²) in [7, 11) is 4.65. The Hall–Kier alpha value is -1.75. The Balaban J connectivity index is 2.39. The number of hydrogen-bond acceptors (Lipinski definition) is 5. The summed E-state index contributed by atoms with van der Waals surface area (Å²) in [5.74, 6) is 1.71. The minimum absolute atomic E-state index is 0.00648. The number of carbonyl (C=O) groups is 1. The number of ketones is 1. The largest absolute Gasteiger partial charge is 0.496 e. The van der Waals surface area contributed by atoms with E-state index in [-0.39, 0.29) is 11.7 Å². The molecule has 0 amide bonds. The van der Waals surface area contributed by atoms with Crippen LogP contribution in [0.5, 0.6) is 17.2 Å². The van der Waals surface area contributed by atoms with E-state index in [9.17, 15) is 4.79 Å². The maximum atomic E-state index is 12.5. The lowest BCUT2D eigenvalue weighted by Crippen LogP contribution is -2.18. The molecule has 1 atom stereocenters. The predicted molar refractivity (Wildman–Crippen MR) is 71.4 cm³/mol. The molecule has 2 rings (SSSR count). The van der Waals surface area contributed by atoms with Gasteiger partial charge < -0.3 is 19.5 Å². The number of carbonyl (C=O) groups excluding carboxylic acids is 1. The van der Waals surface area contributed by atoms with Crippen molar-refractivity contribution >= 4 is 5.78 Å². The van der Waals surface area contributed by atoms with Crippen molar-refractivity contribution in [2.24, 2.45) is 5.92 Å². The van der Waals surface area contributed by atoms with Crippen molar-refractivity contribution < 1.29 is 19.0 Å². The number of Topliss-reactive ketones (excluding diaryl/α,β-unsaturated/α-hetero) is 1. The fraction of sp³-hybridized carbons (Fsp3) is 0.500. The van der Waals surface area contributed by atoms with Crippen LogP contribution in [0.4, 0.5) is 0 Å². The first-order chi connectivity index (χ1) is 9.21. The molecule has 5 nitrogen and oxygen atoms in total. The van der Waals surface area contributed by atoms with Gasteiger partial charge in [-0.3, -0.25) is 4.79 Å². The third kappa shape index (κ3) is 2.66. The number of ether oxygens (including phenoxy) is 3. The molecule has 1 aromatic carbocycles. The lowest BCUT2D eigenvalue weighted by Gasteiger charge is -2.15. The Bertz CT molecular complexity index is 467. The van der Waals surface area contributed by atoms with Gasteiger partial charge in [-0.25, -0.2) is 0 Å². The zero-order valence-electron chi connectivity index (χ0n) is 11.5.